The van der Waals surface area contributed by atoms with Gasteiger partial charge in [0.05, 0.1) is 43.8 Å². The maximum absolute atomic E-state index is 15.0. The zero-order chi connectivity index (χ0) is 31.3. The first-order valence-electron chi connectivity index (χ1n) is 16.0. The zero-order valence-electron chi connectivity index (χ0n) is 27.0. The quantitative estimate of drug-likeness (QED) is 0.337. The van der Waals surface area contributed by atoms with Crippen molar-refractivity contribution >= 4 is 31.2 Å². The Morgan fingerprint density at radius 2 is 1.95 bits per heavy atom. The molecule has 236 valence electrons. The molecule has 0 radical (unpaired) electrons. The maximum atomic E-state index is 15.0. The van der Waals surface area contributed by atoms with Crippen molar-refractivity contribution < 1.29 is 18.7 Å². The first kappa shape index (κ1) is 32.0. The van der Waals surface area contributed by atoms with Gasteiger partial charge < -0.3 is 29.6 Å². The van der Waals surface area contributed by atoms with Crippen molar-refractivity contribution in [1.82, 2.24) is 19.7 Å². The van der Waals surface area contributed by atoms with Gasteiger partial charge in [-0.1, -0.05) is 12.0 Å². The lowest BCUT2D eigenvalue weighted by atomic mass is 9.85. The predicted molar refractivity (Wildman–Crippen MR) is 177 cm³/mol. The van der Waals surface area contributed by atoms with E-state index in [1.807, 2.05) is 10.6 Å². The number of amides is 1. The molecule has 1 saturated heterocycles. The van der Waals surface area contributed by atoms with E-state index < -0.39 is 5.57 Å². The van der Waals surface area contributed by atoms with E-state index in [-0.39, 0.29) is 12.5 Å². The van der Waals surface area contributed by atoms with Gasteiger partial charge in [-0.2, -0.15) is 0 Å². The molecule has 1 unspecified atom stereocenters. The number of nitrogens with one attached hydrogen (secondary N) is 2. The van der Waals surface area contributed by atoms with Gasteiger partial charge in [-0.15, -0.1) is 0 Å². The largest absolute Gasteiger partial charge is 0.495 e. The number of morpholine rings is 1. The number of carbonyl (C=O) groups is 1. The SMILES string of the molecule is BC(C)(F)Cn1c(C#CCNc2ccc(C(=O)N(C)C)cc2OC)cc2c1=CCCC=2NC1CCC(N2CCOCC2)CC1. The third-order valence-corrected chi connectivity index (χ3v) is 8.81. The highest BCUT2D eigenvalue weighted by atomic mass is 19.1. The van der Waals surface area contributed by atoms with Crippen LogP contribution >= 0.6 is 0 Å². The second kappa shape index (κ2) is 14.1. The van der Waals surface area contributed by atoms with E-state index in [4.69, 9.17) is 9.47 Å². The number of halogens is 1. The molecule has 10 heteroatoms. The van der Waals surface area contributed by atoms with Crippen LogP contribution in [0, 0.1) is 11.8 Å². The van der Waals surface area contributed by atoms with Gasteiger partial charge in [-0.25, -0.2) is 0 Å². The van der Waals surface area contributed by atoms with Crippen molar-refractivity contribution in [2.45, 2.75) is 69.6 Å². The summed E-state index contributed by atoms with van der Waals surface area (Å²) in [6, 6.07) is 8.60. The minimum Gasteiger partial charge on any atom is -0.495 e. The van der Waals surface area contributed by atoms with Crippen molar-refractivity contribution in [2.75, 3.05) is 59.4 Å². The summed E-state index contributed by atoms with van der Waals surface area (Å²) in [5.74, 6) is 7.04. The molecular formula is C34H47BFN5O3. The van der Waals surface area contributed by atoms with Gasteiger partial charge in [0.2, 0.25) is 0 Å². The molecule has 8 nitrogen and oxygen atoms in total. The lowest BCUT2D eigenvalue weighted by molar-refractivity contribution is 0.00694. The van der Waals surface area contributed by atoms with Crippen LogP contribution in [0.3, 0.4) is 0 Å². The lowest BCUT2D eigenvalue weighted by Gasteiger charge is -2.39. The van der Waals surface area contributed by atoms with Crippen LogP contribution in [0.5, 0.6) is 5.75 Å². The molecule has 2 fully saturated rings. The Hall–Kier alpha value is -3.42. The van der Waals surface area contributed by atoms with Crippen LogP contribution < -0.4 is 25.9 Å². The molecule has 2 N–H and O–H groups in total. The molecule has 3 aliphatic rings. The number of benzene rings is 1. The number of ether oxygens (including phenoxy) is 2. The summed E-state index contributed by atoms with van der Waals surface area (Å²) >= 11 is 0. The maximum Gasteiger partial charge on any atom is 0.253 e. The number of carbonyl (C=O) groups excluding carboxylic acids is 1. The normalized spacial score (nSPS) is 21.6. The van der Waals surface area contributed by atoms with Gasteiger partial charge in [0, 0.05) is 67.6 Å². The Labute approximate surface area is 262 Å². The van der Waals surface area contributed by atoms with Crippen LogP contribution in [0.1, 0.15) is 61.5 Å². The molecular weight excluding hydrogens is 556 g/mol. The van der Waals surface area contributed by atoms with Gasteiger partial charge in [-0.05, 0) is 75.6 Å². The minimum atomic E-state index is -1.38. The number of nitrogens with zero attached hydrogens (tertiary/aromatic N) is 3. The van der Waals surface area contributed by atoms with E-state index in [0.29, 0.717) is 29.9 Å². The van der Waals surface area contributed by atoms with Gasteiger partial charge in [-0.3, -0.25) is 14.1 Å². The van der Waals surface area contributed by atoms with E-state index in [0.717, 1.165) is 73.9 Å². The summed E-state index contributed by atoms with van der Waals surface area (Å²) in [6.07, 6.45) is 8.86. The average Bonchev–Trinajstić information content (AvgIpc) is 3.36. The van der Waals surface area contributed by atoms with E-state index in [1.165, 1.54) is 23.4 Å². The Morgan fingerprint density at radius 1 is 1.20 bits per heavy atom. The topological polar surface area (TPSA) is 71.0 Å². The highest BCUT2D eigenvalue weighted by Crippen LogP contribution is 2.27. The molecule has 5 rings (SSSR count). The van der Waals surface area contributed by atoms with E-state index >= 15 is 4.39 Å². The van der Waals surface area contributed by atoms with Crippen LogP contribution in [0.4, 0.5) is 10.1 Å². The molecule has 2 heterocycles. The molecule has 2 aliphatic carbocycles. The summed E-state index contributed by atoms with van der Waals surface area (Å²) in [5.41, 5.74) is 2.01. The van der Waals surface area contributed by atoms with Crippen LogP contribution in [0.15, 0.2) is 24.3 Å². The number of alkyl halides is 1. The van der Waals surface area contributed by atoms with Gasteiger partial charge in [0.1, 0.15) is 5.75 Å². The number of methoxy groups -OCH3 is 1. The number of rotatable bonds is 9. The van der Waals surface area contributed by atoms with Crippen molar-refractivity contribution in [2.24, 2.45) is 0 Å². The predicted octanol–water partition coefficient (Wildman–Crippen LogP) is 1.90. The molecule has 1 atom stereocenters. The summed E-state index contributed by atoms with van der Waals surface area (Å²) in [7, 11) is 6.65. The molecule has 1 amide bonds. The van der Waals surface area contributed by atoms with Crippen molar-refractivity contribution in [3.05, 3.63) is 46.1 Å². The number of anilines is 1. The van der Waals surface area contributed by atoms with Crippen molar-refractivity contribution in [3.63, 3.8) is 0 Å². The van der Waals surface area contributed by atoms with Gasteiger partial charge >= 0.3 is 0 Å². The summed E-state index contributed by atoms with van der Waals surface area (Å²) in [5, 5.41) is 9.42. The smallest absolute Gasteiger partial charge is 0.253 e. The third-order valence-electron chi connectivity index (χ3n) is 8.81. The lowest BCUT2D eigenvalue weighted by Crippen LogP contribution is -2.47. The van der Waals surface area contributed by atoms with Crippen LogP contribution in [0.25, 0.3) is 11.8 Å². The summed E-state index contributed by atoms with van der Waals surface area (Å²) < 4.78 is 28.1. The molecule has 2 aromatic rings. The Balaban J connectivity index is 1.32. The summed E-state index contributed by atoms with van der Waals surface area (Å²) in [4.78, 5) is 16.5. The molecule has 1 aliphatic heterocycles. The standard InChI is InChI=1S/C34H47BFN5O3/c1-34(35,36)23-41-27(7-6-16-37-30-15-10-24(21-32(30)43-4)33(42)39(2)3)22-28-29(8-5-9-31(28)41)38-25-11-13-26(14-12-25)40-17-19-44-20-18-40/h9-10,15,21-22,25-26,37-38H,5,8,11-14,16-20,23,35H2,1-4H3. The highest BCUT2D eigenvalue weighted by Gasteiger charge is 2.28. The van der Waals surface area contributed by atoms with E-state index in [9.17, 15) is 4.79 Å². The zero-order valence-corrected chi connectivity index (χ0v) is 27.0. The molecule has 1 saturated carbocycles. The summed E-state index contributed by atoms with van der Waals surface area (Å²) in [6.45, 7) is 6.03. The third kappa shape index (κ3) is 7.80. The second-order valence-electron chi connectivity index (χ2n) is 12.9. The average molecular weight is 604 g/mol. The Kier molecular flexibility index (Phi) is 10.3. The molecule has 1 aromatic heterocycles. The highest BCUT2D eigenvalue weighted by molar-refractivity contribution is 6.14. The van der Waals surface area contributed by atoms with Gasteiger partial charge in [0.15, 0.2) is 7.85 Å². The first-order chi connectivity index (χ1) is 21.1. The monoisotopic (exact) mass is 603 g/mol. The minimum absolute atomic E-state index is 0.0849. The van der Waals surface area contributed by atoms with E-state index in [1.54, 1.807) is 48.1 Å². The number of fused-ring (bicyclic) bond motifs is 1. The first-order valence-corrected chi connectivity index (χ1v) is 16.0. The fourth-order valence-corrected chi connectivity index (χ4v) is 6.59. The Bertz CT molecular complexity index is 1510. The molecule has 44 heavy (non-hydrogen) atoms. The Morgan fingerprint density at radius 3 is 2.64 bits per heavy atom. The molecule has 0 spiro atoms. The van der Waals surface area contributed by atoms with Gasteiger partial charge in [0.25, 0.3) is 5.91 Å². The van der Waals surface area contributed by atoms with Crippen molar-refractivity contribution in [3.8, 4) is 17.6 Å². The van der Waals surface area contributed by atoms with Crippen LogP contribution in [0.2, 0.25) is 0 Å². The van der Waals surface area contributed by atoms with Crippen LogP contribution in [-0.4, -0.2) is 99.8 Å². The van der Waals surface area contributed by atoms with E-state index in [2.05, 4.69) is 39.5 Å². The van der Waals surface area contributed by atoms with Crippen molar-refractivity contribution in [1.29, 1.82) is 0 Å². The fourth-order valence-electron chi connectivity index (χ4n) is 6.59. The number of hydrogen-bond donors (Lipinski definition) is 2. The number of hydrogen-bond acceptors (Lipinski definition) is 6. The second-order valence-corrected chi connectivity index (χ2v) is 12.9. The fraction of sp³-hybridized carbons (Fsp3) is 0.559. The molecule has 0 bridgehead atoms. The molecule has 1 aromatic carbocycles. The number of aromatic nitrogens is 1. The van der Waals surface area contributed by atoms with Crippen LogP contribution in [-0.2, 0) is 11.3 Å².